The average Bonchev–Trinajstić information content (AvgIpc) is 2.25. The predicted octanol–water partition coefficient (Wildman–Crippen LogP) is 4.54. The minimum Gasteiger partial charge on any atom is -0.397 e. The first kappa shape index (κ1) is 11.5. The highest BCUT2D eigenvalue weighted by Gasteiger charge is 2.00. The zero-order chi connectivity index (χ0) is 11.5. The van der Waals surface area contributed by atoms with Crippen LogP contribution in [0.4, 0.5) is 17.1 Å². The van der Waals surface area contributed by atoms with Crippen LogP contribution in [-0.4, -0.2) is 0 Å². The molecule has 0 aliphatic heterocycles. The monoisotopic (exact) mass is 340 g/mol. The number of anilines is 3. The summed E-state index contributed by atoms with van der Waals surface area (Å²) in [4.78, 5) is 0. The highest BCUT2D eigenvalue weighted by Crippen LogP contribution is 2.26. The van der Waals surface area contributed by atoms with E-state index in [0.717, 1.165) is 26.0 Å². The summed E-state index contributed by atoms with van der Waals surface area (Å²) in [6, 6.07) is 13.7. The Bertz CT molecular complexity index is 495. The maximum atomic E-state index is 5.90. The zero-order valence-corrected chi connectivity index (χ0v) is 11.5. The molecule has 0 saturated carbocycles. The minimum absolute atomic E-state index is 0.720. The molecular formula is C12H10Br2N2. The average molecular weight is 342 g/mol. The van der Waals surface area contributed by atoms with Gasteiger partial charge in [0.1, 0.15) is 0 Å². The van der Waals surface area contributed by atoms with E-state index in [1.165, 1.54) is 0 Å². The molecule has 82 valence electrons. The van der Waals surface area contributed by atoms with Crippen LogP contribution in [0.1, 0.15) is 0 Å². The van der Waals surface area contributed by atoms with Gasteiger partial charge in [-0.1, -0.05) is 31.9 Å². The SMILES string of the molecule is Nc1cc(Br)ccc1Nc1ccc(Br)cc1. The first-order valence-electron chi connectivity index (χ1n) is 4.73. The molecule has 0 spiro atoms. The maximum absolute atomic E-state index is 5.90. The lowest BCUT2D eigenvalue weighted by atomic mass is 10.2. The van der Waals surface area contributed by atoms with Crippen molar-refractivity contribution in [2.45, 2.75) is 0 Å². The molecule has 0 aliphatic rings. The zero-order valence-electron chi connectivity index (χ0n) is 8.37. The van der Waals surface area contributed by atoms with E-state index in [-0.39, 0.29) is 0 Å². The van der Waals surface area contributed by atoms with Crippen LogP contribution in [0.15, 0.2) is 51.4 Å². The van der Waals surface area contributed by atoms with Crippen LogP contribution >= 0.6 is 31.9 Å². The molecule has 2 rings (SSSR count). The summed E-state index contributed by atoms with van der Waals surface area (Å²) in [6.07, 6.45) is 0. The summed E-state index contributed by atoms with van der Waals surface area (Å²) in [7, 11) is 0. The first-order valence-corrected chi connectivity index (χ1v) is 6.31. The van der Waals surface area contributed by atoms with Crippen molar-refractivity contribution in [2.75, 3.05) is 11.1 Å². The Hall–Kier alpha value is -1.00. The first-order chi connectivity index (χ1) is 7.65. The van der Waals surface area contributed by atoms with Gasteiger partial charge in [0, 0.05) is 14.6 Å². The van der Waals surface area contributed by atoms with Crippen LogP contribution in [0.2, 0.25) is 0 Å². The minimum atomic E-state index is 0.720. The maximum Gasteiger partial charge on any atom is 0.0618 e. The third-order valence-corrected chi connectivity index (χ3v) is 3.16. The highest BCUT2D eigenvalue weighted by atomic mass is 79.9. The number of hydrogen-bond acceptors (Lipinski definition) is 2. The molecule has 16 heavy (non-hydrogen) atoms. The molecule has 0 aromatic heterocycles. The molecule has 2 nitrogen and oxygen atoms in total. The van der Waals surface area contributed by atoms with E-state index in [2.05, 4.69) is 37.2 Å². The quantitative estimate of drug-likeness (QED) is 0.787. The Morgan fingerprint density at radius 1 is 0.875 bits per heavy atom. The Morgan fingerprint density at radius 3 is 2.12 bits per heavy atom. The van der Waals surface area contributed by atoms with Crippen molar-refractivity contribution in [2.24, 2.45) is 0 Å². The predicted molar refractivity (Wildman–Crippen MR) is 76.0 cm³/mol. The second-order valence-electron chi connectivity index (χ2n) is 3.36. The van der Waals surface area contributed by atoms with Crippen molar-refractivity contribution in [1.82, 2.24) is 0 Å². The lowest BCUT2D eigenvalue weighted by Gasteiger charge is -2.09. The number of rotatable bonds is 2. The summed E-state index contributed by atoms with van der Waals surface area (Å²) < 4.78 is 2.04. The molecule has 3 N–H and O–H groups in total. The highest BCUT2D eigenvalue weighted by molar-refractivity contribution is 9.10. The second-order valence-corrected chi connectivity index (χ2v) is 5.19. The van der Waals surface area contributed by atoms with Crippen LogP contribution < -0.4 is 11.1 Å². The summed E-state index contributed by atoms with van der Waals surface area (Å²) >= 11 is 6.77. The van der Waals surface area contributed by atoms with Gasteiger partial charge < -0.3 is 11.1 Å². The summed E-state index contributed by atoms with van der Waals surface area (Å²) in [5.74, 6) is 0. The number of nitrogens with one attached hydrogen (secondary N) is 1. The Kier molecular flexibility index (Phi) is 3.51. The van der Waals surface area contributed by atoms with Gasteiger partial charge in [0.15, 0.2) is 0 Å². The lowest BCUT2D eigenvalue weighted by molar-refractivity contribution is 1.52. The number of benzene rings is 2. The topological polar surface area (TPSA) is 38.0 Å². The Labute approximate surface area is 111 Å². The molecule has 2 aromatic rings. The molecule has 0 radical (unpaired) electrons. The molecular weight excluding hydrogens is 332 g/mol. The van der Waals surface area contributed by atoms with Gasteiger partial charge in [-0.25, -0.2) is 0 Å². The number of nitrogens with two attached hydrogens (primary N) is 1. The van der Waals surface area contributed by atoms with Gasteiger partial charge in [-0.3, -0.25) is 0 Å². The van der Waals surface area contributed by atoms with Crippen LogP contribution in [0, 0.1) is 0 Å². The Balaban J connectivity index is 2.23. The van der Waals surface area contributed by atoms with Gasteiger partial charge in [-0.05, 0) is 42.5 Å². The van der Waals surface area contributed by atoms with Crippen molar-refractivity contribution in [3.63, 3.8) is 0 Å². The fraction of sp³-hybridized carbons (Fsp3) is 0. The fourth-order valence-electron chi connectivity index (χ4n) is 1.34. The van der Waals surface area contributed by atoms with E-state index in [9.17, 15) is 0 Å². The fourth-order valence-corrected chi connectivity index (χ4v) is 1.98. The van der Waals surface area contributed by atoms with E-state index in [1.807, 2.05) is 42.5 Å². The van der Waals surface area contributed by atoms with Gasteiger partial charge in [0.25, 0.3) is 0 Å². The molecule has 4 heteroatoms. The van der Waals surface area contributed by atoms with Crippen molar-refractivity contribution < 1.29 is 0 Å². The lowest BCUT2D eigenvalue weighted by Crippen LogP contribution is -1.95. The largest absolute Gasteiger partial charge is 0.397 e. The molecule has 0 bridgehead atoms. The van der Waals surface area contributed by atoms with Crippen LogP contribution in [0.5, 0.6) is 0 Å². The summed E-state index contributed by atoms with van der Waals surface area (Å²) in [6.45, 7) is 0. The third-order valence-electron chi connectivity index (χ3n) is 2.14. The van der Waals surface area contributed by atoms with E-state index in [0.29, 0.717) is 0 Å². The number of nitrogen functional groups attached to an aromatic ring is 1. The molecule has 0 unspecified atom stereocenters. The number of hydrogen-bond donors (Lipinski definition) is 2. The second kappa shape index (κ2) is 4.89. The van der Waals surface area contributed by atoms with Crippen molar-refractivity contribution in [1.29, 1.82) is 0 Å². The van der Waals surface area contributed by atoms with Crippen LogP contribution in [0.25, 0.3) is 0 Å². The smallest absolute Gasteiger partial charge is 0.0618 e. The third kappa shape index (κ3) is 2.77. The molecule has 0 atom stereocenters. The van der Waals surface area contributed by atoms with Gasteiger partial charge in [0.2, 0.25) is 0 Å². The van der Waals surface area contributed by atoms with E-state index in [4.69, 9.17) is 5.73 Å². The van der Waals surface area contributed by atoms with E-state index < -0.39 is 0 Å². The number of halogens is 2. The standard InChI is InChI=1S/C12H10Br2N2/c13-8-1-4-10(5-2-8)16-12-6-3-9(14)7-11(12)15/h1-7,16H,15H2. The van der Waals surface area contributed by atoms with Crippen LogP contribution in [0.3, 0.4) is 0 Å². The van der Waals surface area contributed by atoms with Gasteiger partial charge in [-0.2, -0.15) is 0 Å². The van der Waals surface area contributed by atoms with Crippen molar-refractivity contribution in [3.8, 4) is 0 Å². The Morgan fingerprint density at radius 2 is 1.50 bits per heavy atom. The normalized spacial score (nSPS) is 10.1. The molecule has 2 aromatic carbocycles. The van der Waals surface area contributed by atoms with Crippen molar-refractivity contribution in [3.05, 3.63) is 51.4 Å². The van der Waals surface area contributed by atoms with Gasteiger partial charge >= 0.3 is 0 Å². The van der Waals surface area contributed by atoms with Crippen molar-refractivity contribution >= 4 is 48.9 Å². The summed E-state index contributed by atoms with van der Waals surface area (Å²) in [5, 5.41) is 3.26. The van der Waals surface area contributed by atoms with Gasteiger partial charge in [0.05, 0.1) is 11.4 Å². The molecule has 0 amide bonds. The van der Waals surface area contributed by atoms with E-state index in [1.54, 1.807) is 0 Å². The van der Waals surface area contributed by atoms with Gasteiger partial charge in [-0.15, -0.1) is 0 Å². The summed E-state index contributed by atoms with van der Waals surface area (Å²) in [5.41, 5.74) is 8.54. The molecule has 0 fully saturated rings. The molecule has 0 heterocycles. The van der Waals surface area contributed by atoms with E-state index >= 15 is 0 Å². The molecule has 0 saturated heterocycles. The molecule has 0 aliphatic carbocycles. The van der Waals surface area contributed by atoms with Crippen LogP contribution in [-0.2, 0) is 0 Å².